The average Bonchev–Trinajstić information content (AvgIpc) is 2.74. The minimum Gasteiger partial charge on any atom is -0.493 e. The molecule has 1 fully saturated rings. The van der Waals surface area contributed by atoms with Crippen LogP contribution in [0.5, 0.6) is 11.5 Å². The molecule has 158 valence electrons. The largest absolute Gasteiger partial charge is 0.493 e. The average molecular weight is 439 g/mol. The Hall–Kier alpha value is -1.50. The van der Waals surface area contributed by atoms with Crippen molar-refractivity contribution in [2.45, 2.75) is 19.6 Å². The third-order valence-electron chi connectivity index (χ3n) is 4.92. The highest BCUT2D eigenvalue weighted by Gasteiger charge is 2.11. The van der Waals surface area contributed by atoms with Gasteiger partial charge in [0.05, 0.1) is 20.3 Å². The van der Waals surface area contributed by atoms with Crippen molar-refractivity contribution in [1.29, 1.82) is 0 Å². The highest BCUT2D eigenvalue weighted by atomic mass is 35.5. The van der Waals surface area contributed by atoms with Crippen LogP contribution in [0.4, 0.5) is 0 Å². The molecule has 0 spiro atoms. The van der Waals surface area contributed by atoms with Crippen LogP contribution >= 0.6 is 23.2 Å². The summed E-state index contributed by atoms with van der Waals surface area (Å²) in [5.41, 5.74) is 1.92. The maximum absolute atomic E-state index is 6.21. The van der Waals surface area contributed by atoms with Crippen LogP contribution in [0.1, 0.15) is 17.5 Å². The lowest BCUT2D eigenvalue weighted by Gasteiger charge is -2.26. The number of nitrogens with one attached hydrogen (secondary N) is 1. The molecule has 2 aromatic rings. The Kier molecular flexibility index (Phi) is 8.90. The topological polar surface area (TPSA) is 43.0 Å². The Labute approximate surface area is 182 Å². The Morgan fingerprint density at radius 3 is 2.55 bits per heavy atom. The molecule has 1 saturated heterocycles. The fourth-order valence-corrected chi connectivity index (χ4v) is 3.75. The van der Waals surface area contributed by atoms with Crippen molar-refractivity contribution in [3.63, 3.8) is 0 Å². The second-order valence-corrected chi connectivity index (χ2v) is 7.77. The number of benzene rings is 2. The molecule has 1 N–H and O–H groups in total. The first-order chi connectivity index (χ1) is 14.2. The van der Waals surface area contributed by atoms with E-state index in [0.717, 1.165) is 63.5 Å². The van der Waals surface area contributed by atoms with E-state index >= 15 is 0 Å². The highest BCUT2D eigenvalue weighted by Crippen LogP contribution is 2.31. The molecule has 0 unspecified atom stereocenters. The normalized spacial score (nSPS) is 14.7. The van der Waals surface area contributed by atoms with Crippen LogP contribution in [-0.2, 0) is 17.9 Å². The third-order valence-corrected chi connectivity index (χ3v) is 5.63. The number of ether oxygens (including phenoxy) is 3. The van der Waals surface area contributed by atoms with Gasteiger partial charge >= 0.3 is 0 Å². The first kappa shape index (κ1) is 22.2. The summed E-state index contributed by atoms with van der Waals surface area (Å²) in [6.07, 6.45) is 1.12. The zero-order valence-corrected chi connectivity index (χ0v) is 18.3. The van der Waals surface area contributed by atoms with E-state index in [0.29, 0.717) is 21.5 Å². The fraction of sp³-hybridized carbons (Fsp3) is 0.455. The summed E-state index contributed by atoms with van der Waals surface area (Å²) in [7, 11) is 1.64. The van der Waals surface area contributed by atoms with Gasteiger partial charge in [-0.05, 0) is 49.3 Å². The van der Waals surface area contributed by atoms with Crippen molar-refractivity contribution < 1.29 is 14.2 Å². The maximum Gasteiger partial charge on any atom is 0.161 e. The highest BCUT2D eigenvalue weighted by molar-refractivity contribution is 6.35. The van der Waals surface area contributed by atoms with Gasteiger partial charge in [-0.15, -0.1) is 0 Å². The van der Waals surface area contributed by atoms with Gasteiger partial charge in [-0.2, -0.15) is 0 Å². The molecule has 1 aliphatic rings. The van der Waals surface area contributed by atoms with E-state index in [2.05, 4.69) is 10.2 Å². The maximum atomic E-state index is 6.21. The first-order valence-electron chi connectivity index (χ1n) is 9.91. The minimum atomic E-state index is 0.286. The standard InChI is InChI=1S/C22H28Cl2N2O3/c1-27-22-14-17(15-25-8-3-9-26-10-12-28-13-11-26)6-7-21(22)29-16-18-19(23)4-2-5-20(18)24/h2,4-7,14,25H,3,8-13,15-16H2,1H3. The summed E-state index contributed by atoms with van der Waals surface area (Å²) in [5.74, 6) is 1.36. The molecule has 0 atom stereocenters. The molecule has 2 aromatic carbocycles. The summed E-state index contributed by atoms with van der Waals surface area (Å²) in [4.78, 5) is 2.45. The second kappa shape index (κ2) is 11.6. The lowest BCUT2D eigenvalue weighted by atomic mass is 10.2. The molecule has 0 saturated carbocycles. The molecule has 3 rings (SSSR count). The van der Waals surface area contributed by atoms with E-state index < -0.39 is 0 Å². The molecule has 1 aliphatic heterocycles. The van der Waals surface area contributed by atoms with Gasteiger partial charge in [0.2, 0.25) is 0 Å². The molecule has 5 nitrogen and oxygen atoms in total. The van der Waals surface area contributed by atoms with Gasteiger partial charge in [0.25, 0.3) is 0 Å². The van der Waals surface area contributed by atoms with Crippen LogP contribution in [0, 0.1) is 0 Å². The van der Waals surface area contributed by atoms with E-state index in [9.17, 15) is 0 Å². The zero-order chi connectivity index (χ0) is 20.5. The van der Waals surface area contributed by atoms with Crippen molar-refractivity contribution in [3.8, 4) is 11.5 Å². The second-order valence-electron chi connectivity index (χ2n) is 6.96. The van der Waals surface area contributed by atoms with Crippen molar-refractivity contribution in [2.75, 3.05) is 46.5 Å². The summed E-state index contributed by atoms with van der Waals surface area (Å²) < 4.78 is 16.8. The number of hydrogen-bond donors (Lipinski definition) is 1. The van der Waals surface area contributed by atoms with Gasteiger partial charge in [-0.3, -0.25) is 4.90 Å². The Morgan fingerprint density at radius 1 is 1.07 bits per heavy atom. The van der Waals surface area contributed by atoms with Crippen molar-refractivity contribution in [2.24, 2.45) is 0 Å². The van der Waals surface area contributed by atoms with Crippen LogP contribution < -0.4 is 14.8 Å². The van der Waals surface area contributed by atoms with Crippen LogP contribution in [0.2, 0.25) is 10.0 Å². The Bertz CT molecular complexity index is 762. The van der Waals surface area contributed by atoms with E-state index in [1.165, 1.54) is 0 Å². The van der Waals surface area contributed by atoms with Gasteiger partial charge in [0.15, 0.2) is 11.5 Å². The van der Waals surface area contributed by atoms with Crippen molar-refractivity contribution in [3.05, 3.63) is 57.6 Å². The van der Waals surface area contributed by atoms with Crippen LogP contribution in [0.15, 0.2) is 36.4 Å². The van der Waals surface area contributed by atoms with Gasteiger partial charge in [0.1, 0.15) is 6.61 Å². The smallest absolute Gasteiger partial charge is 0.161 e. The van der Waals surface area contributed by atoms with Crippen molar-refractivity contribution in [1.82, 2.24) is 10.2 Å². The number of rotatable bonds is 10. The molecule has 0 radical (unpaired) electrons. The first-order valence-corrected chi connectivity index (χ1v) is 10.7. The molecule has 29 heavy (non-hydrogen) atoms. The Balaban J connectivity index is 1.46. The van der Waals surface area contributed by atoms with Crippen LogP contribution in [0.25, 0.3) is 0 Å². The molecule has 0 aliphatic carbocycles. The quantitative estimate of drug-likeness (QED) is 0.557. The molecule has 7 heteroatoms. The monoisotopic (exact) mass is 438 g/mol. The molecule has 0 amide bonds. The predicted molar refractivity (Wildman–Crippen MR) is 117 cm³/mol. The predicted octanol–water partition coefficient (Wildman–Crippen LogP) is 4.39. The summed E-state index contributed by atoms with van der Waals surface area (Å²) >= 11 is 12.4. The van der Waals surface area contributed by atoms with E-state index in [-0.39, 0.29) is 6.61 Å². The number of methoxy groups -OCH3 is 1. The van der Waals surface area contributed by atoms with Crippen LogP contribution in [0.3, 0.4) is 0 Å². The van der Waals surface area contributed by atoms with E-state index in [1.54, 1.807) is 19.2 Å². The summed E-state index contributed by atoms with van der Waals surface area (Å²) in [6.45, 7) is 6.94. The van der Waals surface area contributed by atoms with Gasteiger partial charge in [-0.1, -0.05) is 35.3 Å². The summed E-state index contributed by atoms with van der Waals surface area (Å²) in [6, 6.07) is 11.4. The lowest BCUT2D eigenvalue weighted by Crippen LogP contribution is -2.37. The molecule has 0 bridgehead atoms. The van der Waals surface area contributed by atoms with Crippen LogP contribution in [-0.4, -0.2) is 51.4 Å². The fourth-order valence-electron chi connectivity index (χ4n) is 3.25. The minimum absolute atomic E-state index is 0.286. The van der Waals surface area contributed by atoms with E-state index in [4.69, 9.17) is 37.4 Å². The molecular formula is C22H28Cl2N2O3. The van der Waals surface area contributed by atoms with Crippen molar-refractivity contribution >= 4 is 23.2 Å². The zero-order valence-electron chi connectivity index (χ0n) is 16.8. The Morgan fingerprint density at radius 2 is 1.83 bits per heavy atom. The third kappa shape index (κ3) is 6.76. The molecule has 1 heterocycles. The van der Waals surface area contributed by atoms with Gasteiger partial charge in [-0.25, -0.2) is 0 Å². The number of morpholine rings is 1. The SMILES string of the molecule is COc1cc(CNCCCN2CCOCC2)ccc1OCc1c(Cl)cccc1Cl. The summed E-state index contributed by atoms with van der Waals surface area (Å²) in [5, 5.41) is 4.68. The lowest BCUT2D eigenvalue weighted by molar-refractivity contribution is 0.0374. The molecule has 0 aromatic heterocycles. The van der Waals surface area contributed by atoms with Gasteiger partial charge < -0.3 is 19.5 Å². The number of halogens is 2. The van der Waals surface area contributed by atoms with Gasteiger partial charge in [0, 0.05) is 35.2 Å². The number of nitrogens with zero attached hydrogens (tertiary/aromatic N) is 1. The molecular weight excluding hydrogens is 411 g/mol. The number of hydrogen-bond acceptors (Lipinski definition) is 5. The van der Waals surface area contributed by atoms with E-state index in [1.807, 2.05) is 24.3 Å².